The Morgan fingerprint density at radius 1 is 1.53 bits per heavy atom. The van der Waals surface area contributed by atoms with E-state index < -0.39 is 0 Å². The lowest BCUT2D eigenvalue weighted by Crippen LogP contribution is -2.33. The number of ether oxygens (including phenoxy) is 1. The van der Waals surface area contributed by atoms with E-state index in [-0.39, 0.29) is 6.04 Å². The minimum atomic E-state index is 0.157. The highest BCUT2D eigenvalue weighted by molar-refractivity contribution is 5.45. The highest BCUT2D eigenvalue weighted by Crippen LogP contribution is 2.13. The van der Waals surface area contributed by atoms with Gasteiger partial charge in [-0.1, -0.05) is 13.8 Å². The van der Waals surface area contributed by atoms with Gasteiger partial charge in [-0.15, -0.1) is 0 Å². The summed E-state index contributed by atoms with van der Waals surface area (Å²) in [4.78, 5) is 4.03. The van der Waals surface area contributed by atoms with Crippen LogP contribution in [0.3, 0.4) is 0 Å². The summed E-state index contributed by atoms with van der Waals surface area (Å²) >= 11 is 0. The Morgan fingerprint density at radius 3 is 2.87 bits per heavy atom. The molecule has 0 fully saturated rings. The molecule has 4 heteroatoms. The van der Waals surface area contributed by atoms with Crippen molar-refractivity contribution in [2.75, 3.05) is 19.0 Å². The Hall–Kier alpha value is -1.29. The largest absolute Gasteiger partial charge is 0.481 e. The molecule has 15 heavy (non-hydrogen) atoms. The summed E-state index contributed by atoms with van der Waals surface area (Å²) in [5.74, 6) is 1.08. The van der Waals surface area contributed by atoms with Crippen molar-refractivity contribution in [3.8, 4) is 5.88 Å². The van der Waals surface area contributed by atoms with Crippen LogP contribution in [0, 0.1) is 5.92 Å². The van der Waals surface area contributed by atoms with Crippen LogP contribution < -0.4 is 15.8 Å². The van der Waals surface area contributed by atoms with Crippen LogP contribution in [0.1, 0.15) is 13.8 Å². The summed E-state index contributed by atoms with van der Waals surface area (Å²) in [6, 6.07) is 3.91. The third-order valence-electron chi connectivity index (χ3n) is 2.34. The molecule has 0 saturated carbocycles. The Labute approximate surface area is 90.8 Å². The van der Waals surface area contributed by atoms with Gasteiger partial charge >= 0.3 is 0 Å². The molecule has 1 atom stereocenters. The number of aromatic nitrogens is 1. The lowest BCUT2D eigenvalue weighted by molar-refractivity contribution is 0.398. The second kappa shape index (κ2) is 5.56. The summed E-state index contributed by atoms with van der Waals surface area (Å²) < 4.78 is 5.03. The van der Waals surface area contributed by atoms with Gasteiger partial charge in [0.1, 0.15) is 0 Å². The third-order valence-corrected chi connectivity index (χ3v) is 2.34. The van der Waals surface area contributed by atoms with Crippen molar-refractivity contribution >= 4 is 5.69 Å². The fourth-order valence-electron chi connectivity index (χ4n) is 1.10. The number of nitrogens with two attached hydrogens (primary N) is 1. The number of pyridine rings is 1. The van der Waals surface area contributed by atoms with Crippen LogP contribution in [0.15, 0.2) is 18.3 Å². The molecule has 0 aromatic carbocycles. The minimum absolute atomic E-state index is 0.157. The first kappa shape index (κ1) is 11.8. The average molecular weight is 209 g/mol. The molecule has 0 amide bonds. The lowest BCUT2D eigenvalue weighted by atomic mass is 10.1. The first-order valence-electron chi connectivity index (χ1n) is 5.13. The Bertz CT molecular complexity index is 302. The molecule has 1 aromatic rings. The number of nitrogens with zero attached hydrogens (tertiary/aromatic N) is 1. The first-order valence-corrected chi connectivity index (χ1v) is 5.13. The average Bonchev–Trinajstić information content (AvgIpc) is 2.26. The van der Waals surface area contributed by atoms with E-state index in [4.69, 9.17) is 10.5 Å². The highest BCUT2D eigenvalue weighted by Gasteiger charge is 2.06. The summed E-state index contributed by atoms with van der Waals surface area (Å²) in [7, 11) is 1.60. The van der Waals surface area contributed by atoms with Crippen molar-refractivity contribution in [3.63, 3.8) is 0 Å². The van der Waals surface area contributed by atoms with Gasteiger partial charge in [-0.2, -0.15) is 0 Å². The molecule has 3 N–H and O–H groups in total. The number of nitrogens with one attached hydrogen (secondary N) is 1. The molecule has 0 aliphatic heterocycles. The monoisotopic (exact) mass is 209 g/mol. The van der Waals surface area contributed by atoms with E-state index >= 15 is 0 Å². The fourth-order valence-corrected chi connectivity index (χ4v) is 1.10. The van der Waals surface area contributed by atoms with Crippen LogP contribution in [0.2, 0.25) is 0 Å². The Morgan fingerprint density at radius 2 is 2.27 bits per heavy atom. The van der Waals surface area contributed by atoms with E-state index in [1.54, 1.807) is 13.3 Å². The van der Waals surface area contributed by atoms with Gasteiger partial charge in [0.15, 0.2) is 0 Å². The van der Waals surface area contributed by atoms with E-state index in [0.717, 1.165) is 12.2 Å². The molecule has 1 unspecified atom stereocenters. The van der Waals surface area contributed by atoms with Crippen molar-refractivity contribution in [1.82, 2.24) is 4.98 Å². The van der Waals surface area contributed by atoms with Gasteiger partial charge in [0.25, 0.3) is 0 Å². The molecule has 0 saturated heterocycles. The maximum atomic E-state index is 5.93. The van der Waals surface area contributed by atoms with Crippen LogP contribution in [0.5, 0.6) is 5.88 Å². The zero-order chi connectivity index (χ0) is 11.3. The second-order valence-electron chi connectivity index (χ2n) is 3.88. The molecular formula is C11H19N3O. The van der Waals surface area contributed by atoms with Gasteiger partial charge < -0.3 is 15.8 Å². The van der Waals surface area contributed by atoms with Crippen LogP contribution in [-0.4, -0.2) is 24.7 Å². The van der Waals surface area contributed by atoms with Gasteiger partial charge in [0.05, 0.1) is 7.11 Å². The zero-order valence-electron chi connectivity index (χ0n) is 9.53. The van der Waals surface area contributed by atoms with E-state index in [1.165, 1.54) is 0 Å². The van der Waals surface area contributed by atoms with Crippen molar-refractivity contribution < 1.29 is 4.74 Å². The molecule has 0 aliphatic carbocycles. The fraction of sp³-hybridized carbons (Fsp3) is 0.545. The summed E-state index contributed by atoms with van der Waals surface area (Å²) in [5, 5.41) is 3.26. The van der Waals surface area contributed by atoms with Gasteiger partial charge in [-0.3, -0.25) is 0 Å². The van der Waals surface area contributed by atoms with Crippen molar-refractivity contribution in [1.29, 1.82) is 0 Å². The smallest absolute Gasteiger partial charge is 0.214 e. The van der Waals surface area contributed by atoms with Crippen LogP contribution in [0.4, 0.5) is 5.69 Å². The van der Waals surface area contributed by atoms with Gasteiger partial charge in [0, 0.05) is 30.5 Å². The molecule has 1 rings (SSSR count). The van der Waals surface area contributed by atoms with Gasteiger partial charge in [-0.25, -0.2) is 4.98 Å². The van der Waals surface area contributed by atoms with E-state index in [2.05, 4.69) is 24.1 Å². The number of hydrogen-bond acceptors (Lipinski definition) is 4. The quantitative estimate of drug-likeness (QED) is 0.771. The van der Waals surface area contributed by atoms with Crippen molar-refractivity contribution in [2.45, 2.75) is 19.9 Å². The molecule has 0 radical (unpaired) electrons. The van der Waals surface area contributed by atoms with Gasteiger partial charge in [0.2, 0.25) is 5.88 Å². The number of rotatable bonds is 5. The van der Waals surface area contributed by atoms with Crippen LogP contribution >= 0.6 is 0 Å². The predicted octanol–water partition coefficient (Wildman–Crippen LogP) is 1.49. The third kappa shape index (κ3) is 3.75. The zero-order valence-corrected chi connectivity index (χ0v) is 9.53. The standard InChI is InChI=1S/C11H19N3O/c1-8(2)10(12)7-14-9-4-5-13-11(6-9)15-3/h4-6,8,10H,7,12H2,1-3H3,(H,13,14). The molecule has 4 nitrogen and oxygen atoms in total. The molecular weight excluding hydrogens is 190 g/mol. The molecule has 1 aromatic heterocycles. The molecule has 0 spiro atoms. The lowest BCUT2D eigenvalue weighted by Gasteiger charge is -2.17. The molecule has 0 bridgehead atoms. The Kier molecular flexibility index (Phi) is 4.37. The second-order valence-corrected chi connectivity index (χ2v) is 3.88. The first-order chi connectivity index (χ1) is 7.13. The molecule has 0 aliphatic rings. The number of methoxy groups -OCH3 is 1. The van der Waals surface area contributed by atoms with Crippen LogP contribution in [-0.2, 0) is 0 Å². The molecule has 1 heterocycles. The topological polar surface area (TPSA) is 60.2 Å². The SMILES string of the molecule is COc1cc(NCC(N)C(C)C)ccn1. The van der Waals surface area contributed by atoms with E-state index in [0.29, 0.717) is 11.8 Å². The Balaban J connectivity index is 2.50. The summed E-state index contributed by atoms with van der Waals surface area (Å²) in [6.45, 7) is 4.98. The number of anilines is 1. The maximum absolute atomic E-state index is 5.93. The highest BCUT2D eigenvalue weighted by atomic mass is 16.5. The maximum Gasteiger partial charge on any atom is 0.214 e. The van der Waals surface area contributed by atoms with E-state index in [1.807, 2.05) is 12.1 Å². The van der Waals surface area contributed by atoms with Crippen molar-refractivity contribution in [2.24, 2.45) is 11.7 Å². The van der Waals surface area contributed by atoms with Gasteiger partial charge in [-0.05, 0) is 12.0 Å². The normalized spacial score (nSPS) is 12.6. The van der Waals surface area contributed by atoms with E-state index in [9.17, 15) is 0 Å². The van der Waals surface area contributed by atoms with Crippen LogP contribution in [0.25, 0.3) is 0 Å². The molecule has 84 valence electrons. The summed E-state index contributed by atoms with van der Waals surface area (Å²) in [6.07, 6.45) is 1.71. The minimum Gasteiger partial charge on any atom is -0.481 e. The summed E-state index contributed by atoms with van der Waals surface area (Å²) in [5.41, 5.74) is 6.91. The van der Waals surface area contributed by atoms with Crippen molar-refractivity contribution in [3.05, 3.63) is 18.3 Å². The predicted molar refractivity (Wildman–Crippen MR) is 62.1 cm³/mol. The number of hydrogen-bond donors (Lipinski definition) is 2.